The molecule has 0 heterocycles. The molecule has 0 spiro atoms. The SMILES string of the molecule is C=C/C(=C\C=C\C)c1ccc(C)cc1. The van der Waals surface area contributed by atoms with E-state index in [-0.39, 0.29) is 0 Å². The van der Waals surface area contributed by atoms with Gasteiger partial charge in [0, 0.05) is 0 Å². The van der Waals surface area contributed by atoms with Crippen molar-refractivity contribution in [1.82, 2.24) is 0 Å². The van der Waals surface area contributed by atoms with E-state index in [2.05, 4.69) is 43.8 Å². The van der Waals surface area contributed by atoms with Crippen LogP contribution in [0.4, 0.5) is 0 Å². The number of benzene rings is 1. The van der Waals surface area contributed by atoms with Gasteiger partial charge in [-0.05, 0) is 25.0 Å². The number of aryl methyl sites for hydroxylation is 1. The Labute approximate surface area is 86.3 Å². The lowest BCUT2D eigenvalue weighted by atomic mass is 10.0. The molecule has 0 radical (unpaired) electrons. The van der Waals surface area contributed by atoms with E-state index in [1.54, 1.807) is 0 Å². The molecule has 72 valence electrons. The van der Waals surface area contributed by atoms with Gasteiger partial charge in [-0.25, -0.2) is 0 Å². The molecule has 1 aromatic carbocycles. The highest BCUT2D eigenvalue weighted by Gasteiger charge is 1.94. The minimum absolute atomic E-state index is 1.16. The Bertz CT molecular complexity index is 350. The highest BCUT2D eigenvalue weighted by molar-refractivity contribution is 5.74. The maximum atomic E-state index is 3.81. The fourth-order valence-corrected chi connectivity index (χ4v) is 1.23. The van der Waals surface area contributed by atoms with Gasteiger partial charge in [-0.2, -0.15) is 0 Å². The average Bonchev–Trinajstić information content (AvgIpc) is 2.21. The molecule has 0 heteroatoms. The van der Waals surface area contributed by atoms with Gasteiger partial charge in [0.15, 0.2) is 0 Å². The van der Waals surface area contributed by atoms with E-state index in [9.17, 15) is 0 Å². The van der Waals surface area contributed by atoms with E-state index in [1.807, 2.05) is 25.2 Å². The predicted molar refractivity (Wildman–Crippen MR) is 64.2 cm³/mol. The van der Waals surface area contributed by atoms with Crippen LogP contribution in [0.25, 0.3) is 5.57 Å². The van der Waals surface area contributed by atoms with E-state index < -0.39 is 0 Å². The first-order valence-corrected chi connectivity index (χ1v) is 4.80. The first-order chi connectivity index (χ1) is 6.77. The number of hydrogen-bond donors (Lipinski definition) is 0. The smallest absolute Gasteiger partial charge is 0.0184 e. The van der Waals surface area contributed by atoms with Crippen LogP contribution >= 0.6 is 0 Å². The van der Waals surface area contributed by atoms with Crippen molar-refractivity contribution in [2.45, 2.75) is 13.8 Å². The van der Waals surface area contributed by atoms with Crippen LogP contribution in [0.2, 0.25) is 0 Å². The molecule has 0 aliphatic rings. The predicted octanol–water partition coefficient (Wildman–Crippen LogP) is 4.14. The standard InChI is InChI=1S/C14H16/c1-4-6-7-13(5-2)14-10-8-12(3)9-11-14/h4-11H,2H2,1,3H3/b6-4+,13-7+. The first kappa shape index (κ1) is 10.5. The highest BCUT2D eigenvalue weighted by atomic mass is 14.0. The van der Waals surface area contributed by atoms with E-state index in [0.29, 0.717) is 0 Å². The van der Waals surface area contributed by atoms with Crippen LogP contribution in [0.1, 0.15) is 18.1 Å². The zero-order chi connectivity index (χ0) is 10.4. The summed E-state index contributed by atoms with van der Waals surface area (Å²) >= 11 is 0. The van der Waals surface area contributed by atoms with Crippen molar-refractivity contribution in [3.8, 4) is 0 Å². The fraction of sp³-hybridized carbons (Fsp3) is 0.143. The molecule has 0 atom stereocenters. The highest BCUT2D eigenvalue weighted by Crippen LogP contribution is 2.15. The third-order valence-corrected chi connectivity index (χ3v) is 2.07. The minimum Gasteiger partial charge on any atom is -0.0984 e. The van der Waals surface area contributed by atoms with Crippen LogP contribution in [0, 0.1) is 6.92 Å². The Morgan fingerprint density at radius 1 is 1.21 bits per heavy atom. The largest absolute Gasteiger partial charge is 0.0984 e. The monoisotopic (exact) mass is 184 g/mol. The van der Waals surface area contributed by atoms with Gasteiger partial charge in [-0.3, -0.25) is 0 Å². The molecule has 1 rings (SSSR count). The fourth-order valence-electron chi connectivity index (χ4n) is 1.23. The summed E-state index contributed by atoms with van der Waals surface area (Å²) in [5.74, 6) is 0. The Hall–Kier alpha value is -1.56. The lowest BCUT2D eigenvalue weighted by molar-refractivity contribution is 1.45. The summed E-state index contributed by atoms with van der Waals surface area (Å²) in [6, 6.07) is 8.46. The van der Waals surface area contributed by atoms with Gasteiger partial charge in [-0.15, -0.1) is 0 Å². The zero-order valence-corrected chi connectivity index (χ0v) is 8.83. The van der Waals surface area contributed by atoms with Crippen LogP contribution in [0.3, 0.4) is 0 Å². The molecule has 0 saturated carbocycles. The topological polar surface area (TPSA) is 0 Å². The van der Waals surface area contributed by atoms with Gasteiger partial charge in [-0.1, -0.05) is 60.7 Å². The molecule has 0 aromatic heterocycles. The van der Waals surface area contributed by atoms with E-state index in [1.165, 1.54) is 11.1 Å². The van der Waals surface area contributed by atoms with Crippen LogP contribution in [0.15, 0.2) is 55.1 Å². The zero-order valence-electron chi connectivity index (χ0n) is 8.83. The van der Waals surface area contributed by atoms with Crippen LogP contribution < -0.4 is 0 Å². The number of hydrogen-bond acceptors (Lipinski definition) is 0. The normalized spacial score (nSPS) is 12.0. The molecule has 1 aromatic rings. The minimum atomic E-state index is 1.16. The molecular formula is C14H16. The quantitative estimate of drug-likeness (QED) is 0.619. The molecule has 0 nitrogen and oxygen atoms in total. The van der Waals surface area contributed by atoms with Crippen molar-refractivity contribution >= 4 is 5.57 Å². The van der Waals surface area contributed by atoms with Gasteiger partial charge in [0.2, 0.25) is 0 Å². The summed E-state index contributed by atoms with van der Waals surface area (Å²) in [6.07, 6.45) is 7.98. The Morgan fingerprint density at radius 3 is 2.36 bits per heavy atom. The van der Waals surface area contributed by atoms with Crippen molar-refractivity contribution in [2.75, 3.05) is 0 Å². The van der Waals surface area contributed by atoms with Crippen LogP contribution in [0.5, 0.6) is 0 Å². The molecule has 0 bridgehead atoms. The van der Waals surface area contributed by atoms with Gasteiger partial charge in [0.1, 0.15) is 0 Å². The lowest BCUT2D eigenvalue weighted by Crippen LogP contribution is -1.80. The van der Waals surface area contributed by atoms with Crippen molar-refractivity contribution in [1.29, 1.82) is 0 Å². The second-order valence-electron chi connectivity index (χ2n) is 3.22. The lowest BCUT2D eigenvalue weighted by Gasteiger charge is -2.01. The first-order valence-electron chi connectivity index (χ1n) is 4.80. The van der Waals surface area contributed by atoms with Crippen molar-refractivity contribution in [3.63, 3.8) is 0 Å². The summed E-state index contributed by atoms with van der Waals surface area (Å²) in [7, 11) is 0. The molecule has 0 amide bonds. The van der Waals surface area contributed by atoms with Gasteiger partial charge in [0.25, 0.3) is 0 Å². The maximum absolute atomic E-state index is 3.81. The van der Waals surface area contributed by atoms with Gasteiger partial charge in [0.05, 0.1) is 0 Å². The molecular weight excluding hydrogens is 168 g/mol. The second-order valence-corrected chi connectivity index (χ2v) is 3.22. The van der Waals surface area contributed by atoms with Gasteiger partial charge < -0.3 is 0 Å². The molecule has 0 saturated heterocycles. The summed E-state index contributed by atoms with van der Waals surface area (Å²) in [5.41, 5.74) is 3.65. The maximum Gasteiger partial charge on any atom is -0.0184 e. The molecule has 0 N–H and O–H groups in total. The summed E-state index contributed by atoms with van der Waals surface area (Å²) < 4.78 is 0. The Kier molecular flexibility index (Phi) is 3.93. The third kappa shape index (κ3) is 2.74. The molecule has 0 aliphatic heterocycles. The average molecular weight is 184 g/mol. The van der Waals surface area contributed by atoms with Crippen molar-refractivity contribution in [3.05, 3.63) is 66.3 Å². The summed E-state index contributed by atoms with van der Waals surface area (Å²) in [4.78, 5) is 0. The van der Waals surface area contributed by atoms with Crippen LogP contribution in [-0.4, -0.2) is 0 Å². The third-order valence-electron chi connectivity index (χ3n) is 2.07. The van der Waals surface area contributed by atoms with Gasteiger partial charge >= 0.3 is 0 Å². The molecule has 14 heavy (non-hydrogen) atoms. The Morgan fingerprint density at radius 2 is 1.86 bits per heavy atom. The van der Waals surface area contributed by atoms with E-state index in [0.717, 1.165) is 5.57 Å². The van der Waals surface area contributed by atoms with E-state index in [4.69, 9.17) is 0 Å². The summed E-state index contributed by atoms with van der Waals surface area (Å²) in [6.45, 7) is 7.91. The van der Waals surface area contributed by atoms with E-state index >= 15 is 0 Å². The molecule has 0 aliphatic carbocycles. The molecule has 0 unspecified atom stereocenters. The second kappa shape index (κ2) is 5.23. The van der Waals surface area contributed by atoms with Crippen molar-refractivity contribution < 1.29 is 0 Å². The number of allylic oxidation sites excluding steroid dienone is 5. The van der Waals surface area contributed by atoms with Crippen LogP contribution in [-0.2, 0) is 0 Å². The Balaban J connectivity index is 3.01. The number of rotatable bonds is 3. The molecule has 0 fully saturated rings. The van der Waals surface area contributed by atoms with Crippen molar-refractivity contribution in [2.24, 2.45) is 0 Å². The summed E-state index contributed by atoms with van der Waals surface area (Å²) in [5, 5.41) is 0.